The van der Waals surface area contributed by atoms with E-state index >= 15 is 0 Å². The van der Waals surface area contributed by atoms with Crippen LogP contribution in [-0.2, 0) is 0 Å². The van der Waals surface area contributed by atoms with Gasteiger partial charge in [0.1, 0.15) is 11.3 Å². The van der Waals surface area contributed by atoms with E-state index in [0.717, 1.165) is 11.9 Å². The van der Waals surface area contributed by atoms with Crippen molar-refractivity contribution in [3.8, 4) is 17.2 Å². The molecule has 3 aromatic carbocycles. The van der Waals surface area contributed by atoms with Gasteiger partial charge in [0.2, 0.25) is 5.89 Å². The highest BCUT2D eigenvalue weighted by Crippen LogP contribution is 2.32. The van der Waals surface area contributed by atoms with Crippen LogP contribution >= 0.6 is 35.4 Å². The summed E-state index contributed by atoms with van der Waals surface area (Å²) in [5, 5.41) is 6.47. The average molecular weight is 528 g/mol. The van der Waals surface area contributed by atoms with Crippen LogP contribution in [-0.4, -0.2) is 23.1 Å². The third kappa shape index (κ3) is 5.59. The van der Waals surface area contributed by atoms with Crippen molar-refractivity contribution in [3.63, 3.8) is 0 Å². The van der Waals surface area contributed by atoms with E-state index < -0.39 is 5.91 Å². The third-order valence-electron chi connectivity index (χ3n) is 5.69. The van der Waals surface area contributed by atoms with E-state index in [2.05, 4.69) is 41.6 Å². The Morgan fingerprint density at radius 3 is 2.69 bits per heavy atom. The number of aromatic nitrogens is 1. The summed E-state index contributed by atoms with van der Waals surface area (Å²) in [7, 11) is 1.47. The summed E-state index contributed by atoms with van der Waals surface area (Å²) in [4.78, 5) is 17.4. The van der Waals surface area contributed by atoms with Crippen molar-refractivity contribution >= 4 is 63.2 Å². The van der Waals surface area contributed by atoms with Crippen molar-refractivity contribution in [2.75, 3.05) is 12.4 Å². The second-order valence-corrected chi connectivity index (χ2v) is 9.25. The maximum absolute atomic E-state index is 12.7. The predicted octanol–water partition coefficient (Wildman–Crippen LogP) is 7.45. The number of nitrogens with zero attached hydrogens (tertiary/aromatic N) is 1. The molecule has 6 nitrogen and oxygen atoms in total. The van der Waals surface area contributed by atoms with Crippen LogP contribution in [0.2, 0.25) is 10.0 Å². The molecule has 0 saturated heterocycles. The lowest BCUT2D eigenvalue weighted by Crippen LogP contribution is -2.34. The molecule has 0 fully saturated rings. The van der Waals surface area contributed by atoms with E-state index in [1.165, 1.54) is 18.7 Å². The lowest BCUT2D eigenvalue weighted by Gasteiger charge is -2.13. The van der Waals surface area contributed by atoms with Crippen LogP contribution < -0.4 is 15.4 Å². The molecular formula is C26H23Cl2N3O3S. The van der Waals surface area contributed by atoms with Gasteiger partial charge in [-0.1, -0.05) is 43.1 Å². The molecule has 0 aliphatic heterocycles. The Morgan fingerprint density at radius 1 is 1.14 bits per heavy atom. The minimum absolute atomic E-state index is 0.0619. The van der Waals surface area contributed by atoms with Gasteiger partial charge in [-0.25, -0.2) is 4.98 Å². The quantitative estimate of drug-likeness (QED) is 0.253. The van der Waals surface area contributed by atoms with Crippen LogP contribution in [0.3, 0.4) is 0 Å². The zero-order chi connectivity index (χ0) is 25.1. The number of fused-ring (bicyclic) bond motifs is 1. The molecular weight excluding hydrogens is 505 g/mol. The molecule has 4 rings (SSSR count). The number of carbonyl (C=O) groups is 1. The summed E-state index contributed by atoms with van der Waals surface area (Å²) in [6, 6.07) is 16.1. The van der Waals surface area contributed by atoms with Crippen molar-refractivity contribution < 1.29 is 13.9 Å². The summed E-state index contributed by atoms with van der Waals surface area (Å²) in [5.41, 5.74) is 4.18. The first-order chi connectivity index (χ1) is 16.8. The summed E-state index contributed by atoms with van der Waals surface area (Å²) in [5.74, 6) is 0.806. The number of methoxy groups -OCH3 is 1. The fourth-order valence-corrected chi connectivity index (χ4v) is 4.09. The Bertz CT molecular complexity index is 1420. The van der Waals surface area contributed by atoms with Crippen molar-refractivity contribution in [3.05, 3.63) is 75.8 Å². The van der Waals surface area contributed by atoms with Crippen molar-refractivity contribution in [1.29, 1.82) is 0 Å². The Morgan fingerprint density at radius 2 is 1.94 bits per heavy atom. The van der Waals surface area contributed by atoms with Gasteiger partial charge in [0.15, 0.2) is 10.7 Å². The van der Waals surface area contributed by atoms with Crippen LogP contribution in [0.25, 0.3) is 22.6 Å². The molecule has 1 amide bonds. The van der Waals surface area contributed by atoms with E-state index in [1.54, 1.807) is 24.3 Å². The number of nitrogens with one attached hydrogen (secondary N) is 2. The number of benzene rings is 3. The Kier molecular flexibility index (Phi) is 7.60. The van der Waals surface area contributed by atoms with Crippen LogP contribution in [0.15, 0.2) is 59.0 Å². The average Bonchev–Trinajstić information content (AvgIpc) is 3.28. The van der Waals surface area contributed by atoms with Crippen molar-refractivity contribution in [2.24, 2.45) is 0 Å². The lowest BCUT2D eigenvalue weighted by atomic mass is 9.98. The van der Waals surface area contributed by atoms with Gasteiger partial charge >= 0.3 is 0 Å². The number of anilines is 1. The zero-order valence-electron chi connectivity index (χ0n) is 19.3. The molecule has 1 atom stereocenters. The molecule has 4 aromatic rings. The summed E-state index contributed by atoms with van der Waals surface area (Å²) < 4.78 is 11.2. The third-order valence-corrected chi connectivity index (χ3v) is 6.46. The molecule has 0 bridgehead atoms. The normalized spacial score (nSPS) is 11.8. The van der Waals surface area contributed by atoms with Gasteiger partial charge in [0.05, 0.1) is 23.4 Å². The summed E-state index contributed by atoms with van der Waals surface area (Å²) >= 11 is 17.7. The van der Waals surface area contributed by atoms with E-state index in [9.17, 15) is 4.79 Å². The molecule has 0 spiro atoms. The minimum atomic E-state index is -0.467. The van der Waals surface area contributed by atoms with Crippen molar-refractivity contribution in [2.45, 2.75) is 26.2 Å². The maximum Gasteiger partial charge on any atom is 0.261 e. The summed E-state index contributed by atoms with van der Waals surface area (Å²) in [6.45, 7) is 4.34. The highest BCUT2D eigenvalue weighted by Gasteiger charge is 2.16. The molecule has 180 valence electrons. The van der Waals surface area contributed by atoms with Gasteiger partial charge in [-0.3, -0.25) is 10.1 Å². The zero-order valence-corrected chi connectivity index (χ0v) is 21.6. The van der Waals surface area contributed by atoms with Crippen molar-refractivity contribution in [1.82, 2.24) is 10.3 Å². The topological polar surface area (TPSA) is 76.4 Å². The van der Waals surface area contributed by atoms with Crippen LogP contribution in [0.5, 0.6) is 5.75 Å². The summed E-state index contributed by atoms with van der Waals surface area (Å²) in [6.07, 6.45) is 1.04. The van der Waals surface area contributed by atoms with E-state index in [4.69, 9.17) is 44.6 Å². The number of oxazole rings is 1. The van der Waals surface area contributed by atoms with E-state index in [-0.39, 0.29) is 10.7 Å². The van der Waals surface area contributed by atoms with Gasteiger partial charge in [0, 0.05) is 10.6 Å². The lowest BCUT2D eigenvalue weighted by molar-refractivity contribution is 0.0974. The minimum Gasteiger partial charge on any atom is -0.496 e. The van der Waals surface area contributed by atoms with E-state index in [0.29, 0.717) is 44.4 Å². The Balaban J connectivity index is 1.54. The van der Waals surface area contributed by atoms with Crippen LogP contribution in [0, 0.1) is 0 Å². The number of rotatable bonds is 6. The molecule has 0 aliphatic carbocycles. The first-order valence-electron chi connectivity index (χ1n) is 10.9. The second kappa shape index (κ2) is 10.6. The molecule has 0 unspecified atom stereocenters. The fourth-order valence-electron chi connectivity index (χ4n) is 3.55. The molecule has 2 N–H and O–H groups in total. The SMILES string of the molecule is CC[C@H](C)c1ccc2oc(-c3ccc(Cl)c(NC(=S)NC(=O)c4cc(Cl)ccc4OC)c3)nc2c1. The second-order valence-electron chi connectivity index (χ2n) is 8.00. The smallest absolute Gasteiger partial charge is 0.261 e. The van der Waals surface area contributed by atoms with Gasteiger partial charge in [-0.15, -0.1) is 0 Å². The molecule has 1 heterocycles. The number of carbonyl (C=O) groups excluding carboxylic acids is 1. The number of amides is 1. The fraction of sp³-hybridized carbons (Fsp3) is 0.192. The van der Waals surface area contributed by atoms with Crippen LogP contribution in [0.4, 0.5) is 5.69 Å². The number of thiocarbonyl (C=S) groups is 1. The monoisotopic (exact) mass is 527 g/mol. The number of halogens is 2. The molecule has 35 heavy (non-hydrogen) atoms. The number of hydrogen-bond donors (Lipinski definition) is 2. The van der Waals surface area contributed by atoms with E-state index in [1.807, 2.05) is 12.1 Å². The van der Waals surface area contributed by atoms with Crippen LogP contribution in [0.1, 0.15) is 42.1 Å². The maximum atomic E-state index is 12.7. The highest BCUT2D eigenvalue weighted by atomic mass is 35.5. The Labute approximate surface area is 218 Å². The first-order valence-corrected chi connectivity index (χ1v) is 12.1. The molecule has 9 heteroatoms. The molecule has 0 radical (unpaired) electrons. The highest BCUT2D eigenvalue weighted by molar-refractivity contribution is 7.80. The van der Waals surface area contributed by atoms with Gasteiger partial charge in [-0.2, -0.15) is 0 Å². The number of hydrogen-bond acceptors (Lipinski definition) is 5. The first kappa shape index (κ1) is 25.0. The van der Waals surface area contributed by atoms with Gasteiger partial charge in [0.25, 0.3) is 5.91 Å². The predicted molar refractivity (Wildman–Crippen MR) is 145 cm³/mol. The largest absolute Gasteiger partial charge is 0.496 e. The molecule has 0 saturated carbocycles. The van der Waals surface area contributed by atoms with Gasteiger partial charge in [-0.05, 0) is 78.7 Å². The standard InChI is InChI=1S/C26H23Cl2N3O3S/c1-4-14(2)15-6-9-23-21(11-15)29-25(34-23)16-5-8-19(28)20(12-16)30-26(35)31-24(32)18-13-17(27)7-10-22(18)33-3/h5-14H,4H2,1-3H3,(H2,30,31,32,35)/t14-/m0/s1. The molecule has 1 aromatic heterocycles. The molecule has 0 aliphatic rings. The number of ether oxygens (including phenoxy) is 1. The Hall–Kier alpha value is -3.13. The van der Waals surface area contributed by atoms with Gasteiger partial charge < -0.3 is 14.5 Å².